The van der Waals surface area contributed by atoms with Crippen LogP contribution < -0.4 is 14.8 Å². The molecule has 1 fully saturated rings. The first-order chi connectivity index (χ1) is 15.3. The van der Waals surface area contributed by atoms with Crippen LogP contribution in [0, 0.1) is 11.3 Å². The van der Waals surface area contributed by atoms with Crippen molar-refractivity contribution in [3.8, 4) is 17.6 Å². The summed E-state index contributed by atoms with van der Waals surface area (Å²) in [5.41, 5.74) is 2.10. The van der Waals surface area contributed by atoms with Crippen molar-refractivity contribution < 1.29 is 14.2 Å². The predicted molar refractivity (Wildman–Crippen MR) is 118 cm³/mol. The molecule has 8 heteroatoms. The van der Waals surface area contributed by atoms with E-state index in [2.05, 4.69) is 26.3 Å². The number of aromatic nitrogens is 2. The standard InChI is InChI=1S/C23H25N5O3/c1-29-21-13-19-20(14-22(21)31-9-3-6-28-7-10-30-11-8-28)25-16-26-23(19)27-18-5-2-4-17(12-18)15-24/h2,4-5,12-14,16H,3,6-11H2,1H3,(H,25,26,27). The minimum absolute atomic E-state index is 0.578. The van der Waals surface area contributed by atoms with Crippen molar-refractivity contribution in [1.82, 2.24) is 14.9 Å². The molecule has 1 N–H and O–H groups in total. The molecule has 160 valence electrons. The molecule has 0 radical (unpaired) electrons. The summed E-state index contributed by atoms with van der Waals surface area (Å²) in [4.78, 5) is 11.2. The van der Waals surface area contributed by atoms with E-state index in [4.69, 9.17) is 19.5 Å². The summed E-state index contributed by atoms with van der Waals surface area (Å²) in [5, 5.41) is 13.2. The Kier molecular flexibility index (Phi) is 6.77. The average molecular weight is 419 g/mol. The third-order valence-electron chi connectivity index (χ3n) is 5.16. The fourth-order valence-corrected chi connectivity index (χ4v) is 3.53. The summed E-state index contributed by atoms with van der Waals surface area (Å²) in [7, 11) is 1.62. The number of morpholine rings is 1. The van der Waals surface area contributed by atoms with E-state index in [1.54, 1.807) is 19.2 Å². The highest BCUT2D eigenvalue weighted by Gasteiger charge is 2.13. The Morgan fingerprint density at radius 3 is 2.84 bits per heavy atom. The van der Waals surface area contributed by atoms with Gasteiger partial charge in [-0.3, -0.25) is 4.90 Å². The molecule has 1 aliphatic heterocycles. The van der Waals surface area contributed by atoms with Crippen LogP contribution in [0.3, 0.4) is 0 Å². The zero-order valence-corrected chi connectivity index (χ0v) is 17.5. The third-order valence-corrected chi connectivity index (χ3v) is 5.16. The van der Waals surface area contributed by atoms with Gasteiger partial charge in [-0.1, -0.05) is 6.07 Å². The van der Waals surface area contributed by atoms with Gasteiger partial charge in [-0.15, -0.1) is 0 Å². The molecule has 2 heterocycles. The van der Waals surface area contributed by atoms with Crippen LogP contribution in [0.15, 0.2) is 42.7 Å². The number of nitrogens with one attached hydrogen (secondary N) is 1. The highest BCUT2D eigenvalue weighted by molar-refractivity contribution is 5.93. The monoisotopic (exact) mass is 419 g/mol. The van der Waals surface area contributed by atoms with Crippen LogP contribution in [-0.4, -0.2) is 61.4 Å². The van der Waals surface area contributed by atoms with E-state index >= 15 is 0 Å². The lowest BCUT2D eigenvalue weighted by atomic mass is 10.2. The van der Waals surface area contributed by atoms with E-state index < -0.39 is 0 Å². The van der Waals surface area contributed by atoms with E-state index in [-0.39, 0.29) is 0 Å². The van der Waals surface area contributed by atoms with Crippen LogP contribution in [-0.2, 0) is 4.74 Å². The molecule has 0 unspecified atom stereocenters. The SMILES string of the molecule is COc1cc2c(Nc3cccc(C#N)c3)ncnc2cc1OCCCN1CCOCC1. The van der Waals surface area contributed by atoms with Gasteiger partial charge in [-0.2, -0.15) is 5.26 Å². The molecule has 0 saturated carbocycles. The number of nitrogens with zero attached hydrogens (tertiary/aromatic N) is 4. The highest BCUT2D eigenvalue weighted by atomic mass is 16.5. The van der Waals surface area contributed by atoms with Crippen molar-refractivity contribution >= 4 is 22.4 Å². The van der Waals surface area contributed by atoms with E-state index in [9.17, 15) is 0 Å². The van der Waals surface area contributed by atoms with Crippen LogP contribution in [0.1, 0.15) is 12.0 Å². The van der Waals surface area contributed by atoms with Crippen molar-refractivity contribution in [1.29, 1.82) is 5.26 Å². The first-order valence-corrected chi connectivity index (χ1v) is 10.3. The van der Waals surface area contributed by atoms with E-state index in [1.807, 2.05) is 24.3 Å². The molecule has 1 aliphatic rings. The lowest BCUT2D eigenvalue weighted by molar-refractivity contribution is 0.0357. The van der Waals surface area contributed by atoms with Crippen LogP contribution >= 0.6 is 0 Å². The summed E-state index contributed by atoms with van der Waals surface area (Å²) >= 11 is 0. The zero-order chi connectivity index (χ0) is 21.5. The van der Waals surface area contributed by atoms with Gasteiger partial charge in [0, 0.05) is 36.8 Å². The Balaban J connectivity index is 1.49. The number of fused-ring (bicyclic) bond motifs is 1. The van der Waals surface area contributed by atoms with Crippen LogP contribution in [0.4, 0.5) is 11.5 Å². The fraction of sp³-hybridized carbons (Fsp3) is 0.348. The molecular formula is C23H25N5O3. The maximum Gasteiger partial charge on any atom is 0.163 e. The molecule has 1 saturated heterocycles. The molecule has 0 aliphatic carbocycles. The lowest BCUT2D eigenvalue weighted by Gasteiger charge is -2.26. The van der Waals surface area contributed by atoms with Crippen molar-refractivity contribution in [2.24, 2.45) is 0 Å². The maximum absolute atomic E-state index is 9.12. The Morgan fingerprint density at radius 1 is 1.16 bits per heavy atom. The number of benzene rings is 2. The Hall–Kier alpha value is -3.41. The van der Waals surface area contributed by atoms with Gasteiger partial charge in [0.2, 0.25) is 0 Å². The molecule has 0 spiro atoms. The summed E-state index contributed by atoms with van der Waals surface area (Å²) < 4.78 is 17.0. The largest absolute Gasteiger partial charge is 0.493 e. The molecule has 4 rings (SSSR count). The van der Waals surface area contributed by atoms with Crippen LogP contribution in [0.5, 0.6) is 11.5 Å². The van der Waals surface area contributed by atoms with Gasteiger partial charge in [0.25, 0.3) is 0 Å². The number of hydrogen-bond donors (Lipinski definition) is 1. The quantitative estimate of drug-likeness (QED) is 0.556. The van der Waals surface area contributed by atoms with Gasteiger partial charge < -0.3 is 19.5 Å². The molecule has 3 aromatic rings. The summed E-state index contributed by atoms with van der Waals surface area (Å²) in [6.07, 6.45) is 2.43. The first-order valence-electron chi connectivity index (χ1n) is 10.3. The van der Waals surface area contributed by atoms with Crippen LogP contribution in [0.25, 0.3) is 10.9 Å². The number of rotatable bonds is 8. The minimum Gasteiger partial charge on any atom is -0.493 e. The van der Waals surface area contributed by atoms with Gasteiger partial charge in [0.05, 0.1) is 44.1 Å². The topological polar surface area (TPSA) is 92.5 Å². The predicted octanol–water partition coefficient (Wildman–Crippen LogP) is 3.35. The van der Waals surface area contributed by atoms with Crippen molar-refractivity contribution in [2.75, 3.05) is 51.9 Å². The maximum atomic E-state index is 9.12. The molecule has 0 atom stereocenters. The lowest BCUT2D eigenvalue weighted by Crippen LogP contribution is -2.37. The molecule has 0 amide bonds. The smallest absolute Gasteiger partial charge is 0.163 e. The van der Waals surface area contributed by atoms with Crippen molar-refractivity contribution in [3.05, 3.63) is 48.3 Å². The number of hydrogen-bond acceptors (Lipinski definition) is 8. The second-order valence-corrected chi connectivity index (χ2v) is 7.22. The van der Waals surface area contributed by atoms with Gasteiger partial charge in [0.15, 0.2) is 11.5 Å². The van der Waals surface area contributed by atoms with Crippen molar-refractivity contribution in [3.63, 3.8) is 0 Å². The zero-order valence-electron chi connectivity index (χ0n) is 17.5. The number of nitriles is 1. The average Bonchev–Trinajstić information content (AvgIpc) is 2.82. The van der Waals surface area contributed by atoms with Gasteiger partial charge in [-0.05, 0) is 30.7 Å². The molecule has 2 aromatic carbocycles. The molecular weight excluding hydrogens is 394 g/mol. The molecule has 1 aromatic heterocycles. The summed E-state index contributed by atoms with van der Waals surface area (Å²) in [5.74, 6) is 1.92. The second-order valence-electron chi connectivity index (χ2n) is 7.22. The van der Waals surface area contributed by atoms with Gasteiger partial charge in [-0.25, -0.2) is 9.97 Å². The Morgan fingerprint density at radius 2 is 2.03 bits per heavy atom. The molecule has 31 heavy (non-hydrogen) atoms. The van der Waals surface area contributed by atoms with E-state index in [0.29, 0.717) is 29.5 Å². The van der Waals surface area contributed by atoms with E-state index in [0.717, 1.165) is 55.9 Å². The third kappa shape index (κ3) is 5.20. The number of anilines is 2. The molecule has 8 nitrogen and oxygen atoms in total. The van der Waals surface area contributed by atoms with Gasteiger partial charge in [0.1, 0.15) is 12.1 Å². The fourth-order valence-electron chi connectivity index (χ4n) is 3.53. The Bertz CT molecular complexity index is 1080. The van der Waals surface area contributed by atoms with Gasteiger partial charge >= 0.3 is 0 Å². The van der Waals surface area contributed by atoms with E-state index in [1.165, 1.54) is 6.33 Å². The first kappa shape index (κ1) is 20.8. The molecule has 0 bridgehead atoms. The Labute approximate surface area is 181 Å². The number of ether oxygens (including phenoxy) is 3. The normalized spacial score (nSPS) is 14.2. The second kappa shape index (κ2) is 10.1. The highest BCUT2D eigenvalue weighted by Crippen LogP contribution is 2.34. The summed E-state index contributed by atoms with van der Waals surface area (Å²) in [6.45, 7) is 5.13. The summed E-state index contributed by atoms with van der Waals surface area (Å²) in [6, 6.07) is 13.1. The van der Waals surface area contributed by atoms with Crippen LogP contribution in [0.2, 0.25) is 0 Å². The van der Waals surface area contributed by atoms with Crippen molar-refractivity contribution in [2.45, 2.75) is 6.42 Å². The number of methoxy groups -OCH3 is 1. The minimum atomic E-state index is 0.578.